The molecule has 0 saturated heterocycles. The number of benzene rings is 1. The minimum absolute atomic E-state index is 0.412. The minimum Gasteiger partial charge on any atom is -0.325 e. The van der Waals surface area contributed by atoms with Gasteiger partial charge >= 0.3 is 0 Å². The number of nitrogens with two attached hydrogens (primary N) is 1. The van der Waals surface area contributed by atoms with Crippen LogP contribution in [-0.4, -0.2) is 12.0 Å². The van der Waals surface area contributed by atoms with E-state index in [0.29, 0.717) is 12.0 Å². The van der Waals surface area contributed by atoms with Crippen LogP contribution in [0.1, 0.15) is 36.8 Å². The molecule has 4 heteroatoms. The lowest BCUT2D eigenvalue weighted by molar-refractivity contribution is 0.700. The van der Waals surface area contributed by atoms with E-state index in [2.05, 4.69) is 41.7 Å². The quantitative estimate of drug-likeness (QED) is 0.325. The maximum Gasteiger partial charge on any atom is 0.210 e. The summed E-state index contributed by atoms with van der Waals surface area (Å²) in [4.78, 5) is 4.61. The highest BCUT2D eigenvalue weighted by Crippen LogP contribution is 2.21. The fraction of sp³-hybridized carbons (Fsp3) is 0.500. The van der Waals surface area contributed by atoms with Gasteiger partial charge in [-0.3, -0.25) is 5.43 Å². The Morgan fingerprint density at radius 1 is 1.22 bits per heavy atom. The number of aryl methyl sites for hydroxylation is 2. The fourth-order valence-corrected chi connectivity index (χ4v) is 2.28. The van der Waals surface area contributed by atoms with Gasteiger partial charge in [0.25, 0.3) is 0 Å². The lowest BCUT2D eigenvalue weighted by Gasteiger charge is -2.12. The van der Waals surface area contributed by atoms with E-state index in [1.165, 1.54) is 36.8 Å². The Kier molecular flexibility index (Phi) is 4.20. The Balaban J connectivity index is 2.07. The molecule has 1 aliphatic rings. The number of anilines is 1. The molecule has 0 amide bonds. The third-order valence-corrected chi connectivity index (χ3v) is 3.54. The van der Waals surface area contributed by atoms with E-state index < -0.39 is 0 Å². The summed E-state index contributed by atoms with van der Waals surface area (Å²) in [5, 5.41) is 3.24. The molecule has 1 aliphatic carbocycles. The Morgan fingerprint density at radius 2 is 1.94 bits per heavy atom. The summed E-state index contributed by atoms with van der Waals surface area (Å²) in [6.45, 7) is 4.21. The SMILES string of the molecule is Cc1ccc(NC(=NC2CCCC2)NN)cc1C. The summed E-state index contributed by atoms with van der Waals surface area (Å²) in [5.41, 5.74) is 6.22. The summed E-state index contributed by atoms with van der Waals surface area (Å²) >= 11 is 0. The molecule has 1 aromatic rings. The van der Waals surface area contributed by atoms with Crippen molar-refractivity contribution in [2.45, 2.75) is 45.6 Å². The second-order valence-corrected chi connectivity index (χ2v) is 4.98. The number of aliphatic imine (C=N–C) groups is 1. The molecule has 4 nitrogen and oxygen atoms in total. The van der Waals surface area contributed by atoms with Gasteiger partial charge in [0.05, 0.1) is 6.04 Å². The van der Waals surface area contributed by atoms with Crippen LogP contribution in [0.3, 0.4) is 0 Å². The van der Waals surface area contributed by atoms with Gasteiger partial charge < -0.3 is 5.32 Å². The van der Waals surface area contributed by atoms with Crippen LogP contribution in [0.4, 0.5) is 5.69 Å². The predicted octanol–water partition coefficient (Wildman–Crippen LogP) is 2.48. The first kappa shape index (κ1) is 12.9. The third-order valence-electron chi connectivity index (χ3n) is 3.54. The summed E-state index contributed by atoms with van der Waals surface area (Å²) in [6, 6.07) is 6.66. The van der Waals surface area contributed by atoms with E-state index >= 15 is 0 Å². The summed E-state index contributed by atoms with van der Waals surface area (Å²) in [5.74, 6) is 6.18. The zero-order valence-electron chi connectivity index (χ0n) is 11.2. The molecule has 2 rings (SSSR count). The minimum atomic E-state index is 0.412. The van der Waals surface area contributed by atoms with Gasteiger partial charge in [-0.2, -0.15) is 0 Å². The molecule has 0 spiro atoms. The maximum atomic E-state index is 5.52. The molecule has 0 bridgehead atoms. The van der Waals surface area contributed by atoms with Crippen molar-refractivity contribution < 1.29 is 0 Å². The van der Waals surface area contributed by atoms with Crippen molar-refractivity contribution in [1.29, 1.82) is 0 Å². The highest BCUT2D eigenvalue weighted by atomic mass is 15.3. The Morgan fingerprint density at radius 3 is 2.56 bits per heavy atom. The highest BCUT2D eigenvalue weighted by Gasteiger charge is 2.14. The number of hydrogen-bond acceptors (Lipinski definition) is 2. The fourth-order valence-electron chi connectivity index (χ4n) is 2.28. The van der Waals surface area contributed by atoms with Gasteiger partial charge in [0, 0.05) is 5.69 Å². The van der Waals surface area contributed by atoms with Crippen molar-refractivity contribution in [2.75, 3.05) is 5.32 Å². The van der Waals surface area contributed by atoms with E-state index in [1.807, 2.05) is 6.07 Å². The first-order valence-electron chi connectivity index (χ1n) is 6.58. The van der Waals surface area contributed by atoms with Gasteiger partial charge in [-0.15, -0.1) is 0 Å². The van der Waals surface area contributed by atoms with Crippen molar-refractivity contribution in [1.82, 2.24) is 5.43 Å². The van der Waals surface area contributed by atoms with Crippen LogP contribution in [0.2, 0.25) is 0 Å². The van der Waals surface area contributed by atoms with Crippen LogP contribution < -0.4 is 16.6 Å². The topological polar surface area (TPSA) is 62.4 Å². The van der Waals surface area contributed by atoms with Crippen LogP contribution in [0.25, 0.3) is 0 Å². The van der Waals surface area contributed by atoms with Crippen molar-refractivity contribution in [3.05, 3.63) is 29.3 Å². The number of hydrogen-bond donors (Lipinski definition) is 3. The first-order chi connectivity index (χ1) is 8.69. The van der Waals surface area contributed by atoms with E-state index in [-0.39, 0.29) is 0 Å². The zero-order chi connectivity index (χ0) is 13.0. The molecule has 0 heterocycles. The molecule has 0 aromatic heterocycles. The Bertz CT molecular complexity index is 433. The van der Waals surface area contributed by atoms with Crippen molar-refractivity contribution in [3.8, 4) is 0 Å². The maximum absolute atomic E-state index is 5.52. The molecule has 4 N–H and O–H groups in total. The molecular weight excluding hydrogens is 224 g/mol. The number of nitrogens with one attached hydrogen (secondary N) is 2. The number of rotatable bonds is 2. The van der Waals surface area contributed by atoms with Crippen molar-refractivity contribution in [2.24, 2.45) is 10.8 Å². The smallest absolute Gasteiger partial charge is 0.210 e. The van der Waals surface area contributed by atoms with Gasteiger partial charge in [0.2, 0.25) is 5.96 Å². The normalized spacial score (nSPS) is 16.9. The molecule has 0 atom stereocenters. The lowest BCUT2D eigenvalue weighted by atomic mass is 10.1. The highest BCUT2D eigenvalue weighted by molar-refractivity contribution is 5.93. The van der Waals surface area contributed by atoms with Crippen LogP contribution in [-0.2, 0) is 0 Å². The van der Waals surface area contributed by atoms with Crippen LogP contribution in [0.15, 0.2) is 23.2 Å². The molecule has 1 saturated carbocycles. The van der Waals surface area contributed by atoms with E-state index in [9.17, 15) is 0 Å². The lowest BCUT2D eigenvalue weighted by Crippen LogP contribution is -2.37. The molecule has 1 aromatic carbocycles. The monoisotopic (exact) mass is 246 g/mol. The first-order valence-corrected chi connectivity index (χ1v) is 6.58. The number of hydrazine groups is 1. The second-order valence-electron chi connectivity index (χ2n) is 4.98. The number of guanidine groups is 1. The van der Waals surface area contributed by atoms with Crippen molar-refractivity contribution in [3.63, 3.8) is 0 Å². The molecule has 0 aliphatic heterocycles. The standard InChI is InChI=1S/C14H22N4/c1-10-7-8-13(9-11(10)2)17-14(18-15)16-12-5-3-4-6-12/h7-9,12H,3-6,15H2,1-2H3,(H2,16,17,18). The third kappa shape index (κ3) is 3.23. The molecule has 18 heavy (non-hydrogen) atoms. The second kappa shape index (κ2) is 5.87. The van der Waals surface area contributed by atoms with Gasteiger partial charge in [0.15, 0.2) is 0 Å². The van der Waals surface area contributed by atoms with E-state index in [1.54, 1.807) is 0 Å². The van der Waals surface area contributed by atoms with Crippen LogP contribution >= 0.6 is 0 Å². The summed E-state index contributed by atoms with van der Waals surface area (Å²) in [7, 11) is 0. The molecule has 98 valence electrons. The summed E-state index contributed by atoms with van der Waals surface area (Å²) < 4.78 is 0. The average Bonchev–Trinajstić information content (AvgIpc) is 2.86. The number of nitrogens with zero attached hydrogens (tertiary/aromatic N) is 1. The predicted molar refractivity (Wildman–Crippen MR) is 76.6 cm³/mol. The van der Waals surface area contributed by atoms with E-state index in [4.69, 9.17) is 5.84 Å². The zero-order valence-corrected chi connectivity index (χ0v) is 11.2. The molecular formula is C14H22N4. The Labute approximate surface area is 109 Å². The van der Waals surface area contributed by atoms with Gasteiger partial charge in [-0.25, -0.2) is 10.8 Å². The van der Waals surface area contributed by atoms with Gasteiger partial charge in [0.1, 0.15) is 0 Å². The van der Waals surface area contributed by atoms with Gasteiger partial charge in [-0.1, -0.05) is 18.9 Å². The van der Waals surface area contributed by atoms with E-state index in [0.717, 1.165) is 5.69 Å². The van der Waals surface area contributed by atoms with Crippen LogP contribution in [0, 0.1) is 13.8 Å². The molecule has 1 fully saturated rings. The van der Waals surface area contributed by atoms with Crippen LogP contribution in [0.5, 0.6) is 0 Å². The molecule has 0 unspecified atom stereocenters. The molecule has 0 radical (unpaired) electrons. The average molecular weight is 246 g/mol. The van der Waals surface area contributed by atoms with Gasteiger partial charge in [-0.05, 0) is 49.9 Å². The summed E-state index contributed by atoms with van der Waals surface area (Å²) in [6.07, 6.45) is 4.88. The Hall–Kier alpha value is -1.55. The van der Waals surface area contributed by atoms with Crippen molar-refractivity contribution >= 4 is 11.6 Å². The largest absolute Gasteiger partial charge is 0.325 e.